The van der Waals surface area contributed by atoms with Crippen molar-refractivity contribution in [3.05, 3.63) is 59.7 Å². The molecule has 0 bridgehead atoms. The molecule has 3 amide bonds. The summed E-state index contributed by atoms with van der Waals surface area (Å²) in [6, 6.07) is 8.62. The fraction of sp³-hybridized carbons (Fsp3) is 0.273. The van der Waals surface area contributed by atoms with E-state index in [9.17, 15) is 28.0 Å². The number of esters is 1. The molecule has 0 heterocycles. The zero-order valence-electron chi connectivity index (χ0n) is 18.2. The Morgan fingerprint density at radius 2 is 1.58 bits per heavy atom. The highest BCUT2D eigenvalue weighted by molar-refractivity contribution is 5.96. The maximum atomic E-state index is 13.1. The molecule has 0 saturated heterocycles. The number of hydrogen-bond acceptors (Lipinski definition) is 6. The second kappa shape index (κ2) is 11.0. The molecule has 0 unspecified atom stereocenters. The lowest BCUT2D eigenvalue weighted by Crippen LogP contribution is -2.35. The molecular weight excluding hydrogens is 440 g/mol. The van der Waals surface area contributed by atoms with Gasteiger partial charge in [0.25, 0.3) is 5.91 Å². The van der Waals surface area contributed by atoms with Crippen LogP contribution in [-0.2, 0) is 19.1 Å². The van der Waals surface area contributed by atoms with Crippen molar-refractivity contribution in [3.8, 4) is 0 Å². The molecule has 0 aliphatic rings. The fourth-order valence-corrected chi connectivity index (χ4v) is 2.37. The molecule has 0 aromatic heterocycles. The summed E-state index contributed by atoms with van der Waals surface area (Å²) in [6.45, 7) is 3.97. The van der Waals surface area contributed by atoms with Gasteiger partial charge in [-0.25, -0.2) is 18.4 Å². The van der Waals surface area contributed by atoms with E-state index in [-0.39, 0.29) is 16.9 Å². The lowest BCUT2D eigenvalue weighted by Gasteiger charge is -2.19. The van der Waals surface area contributed by atoms with Crippen LogP contribution in [-0.4, -0.2) is 42.6 Å². The van der Waals surface area contributed by atoms with E-state index in [1.165, 1.54) is 18.2 Å². The highest BCUT2D eigenvalue weighted by atomic mass is 19.2. The Morgan fingerprint density at radius 1 is 0.879 bits per heavy atom. The Bertz CT molecular complexity index is 1050. The predicted octanol–water partition coefficient (Wildman–Crippen LogP) is 3.22. The number of ether oxygens (including phenoxy) is 2. The number of rotatable bonds is 7. The van der Waals surface area contributed by atoms with Crippen LogP contribution in [0.4, 0.5) is 25.0 Å². The topological polar surface area (TPSA) is 123 Å². The molecule has 0 aliphatic carbocycles. The standard InChI is InChI=1S/C22H23F2N3O6/c1-22(2,3)33-21(31)27-14-6-4-5-13(9-14)20(30)32-12-19(29)25-11-18(28)26-15-7-8-16(23)17(24)10-15/h4-10H,11-12H2,1-3H3,(H,25,29)(H,26,28)(H,27,31). The van der Waals surface area contributed by atoms with Crippen molar-refractivity contribution >= 4 is 35.3 Å². The molecule has 0 atom stereocenters. The highest BCUT2D eigenvalue weighted by Gasteiger charge is 2.17. The first-order valence-electron chi connectivity index (χ1n) is 9.72. The van der Waals surface area contributed by atoms with Gasteiger partial charge < -0.3 is 20.1 Å². The largest absolute Gasteiger partial charge is 0.452 e. The number of halogens is 2. The molecule has 2 rings (SSSR count). The maximum absolute atomic E-state index is 13.1. The number of carbonyl (C=O) groups is 4. The van der Waals surface area contributed by atoms with Crippen molar-refractivity contribution in [3.63, 3.8) is 0 Å². The molecule has 0 radical (unpaired) electrons. The van der Waals surface area contributed by atoms with Crippen LogP contribution in [0.2, 0.25) is 0 Å². The third kappa shape index (κ3) is 8.93. The summed E-state index contributed by atoms with van der Waals surface area (Å²) < 4.78 is 36.1. The summed E-state index contributed by atoms with van der Waals surface area (Å²) in [5.41, 5.74) is -0.316. The average Bonchev–Trinajstić information content (AvgIpc) is 2.72. The first-order chi connectivity index (χ1) is 15.4. The number of anilines is 2. The number of benzene rings is 2. The zero-order valence-corrected chi connectivity index (χ0v) is 18.2. The van der Waals surface area contributed by atoms with E-state index in [0.29, 0.717) is 0 Å². The SMILES string of the molecule is CC(C)(C)OC(=O)Nc1cccc(C(=O)OCC(=O)NCC(=O)Nc2ccc(F)c(F)c2)c1. The van der Waals surface area contributed by atoms with Crippen LogP contribution in [0.3, 0.4) is 0 Å². The molecule has 9 nitrogen and oxygen atoms in total. The Kier molecular flexibility index (Phi) is 8.43. The van der Waals surface area contributed by atoms with Crippen molar-refractivity contribution < 1.29 is 37.4 Å². The van der Waals surface area contributed by atoms with Crippen LogP contribution in [0.5, 0.6) is 0 Å². The minimum Gasteiger partial charge on any atom is -0.452 e. The summed E-state index contributed by atoms with van der Waals surface area (Å²) in [6.07, 6.45) is -0.700. The molecule has 2 aromatic rings. The Balaban J connectivity index is 1.79. The maximum Gasteiger partial charge on any atom is 0.412 e. The first kappa shape index (κ1) is 25.2. The summed E-state index contributed by atoms with van der Waals surface area (Å²) >= 11 is 0. The van der Waals surface area contributed by atoms with Gasteiger partial charge in [0, 0.05) is 17.4 Å². The van der Waals surface area contributed by atoms with E-state index < -0.39 is 54.3 Å². The molecule has 0 fully saturated rings. The van der Waals surface area contributed by atoms with Gasteiger partial charge in [0.1, 0.15) is 5.60 Å². The van der Waals surface area contributed by atoms with Gasteiger partial charge in [-0.1, -0.05) is 6.07 Å². The second-order valence-corrected chi connectivity index (χ2v) is 7.74. The van der Waals surface area contributed by atoms with Crippen molar-refractivity contribution in [2.75, 3.05) is 23.8 Å². The molecule has 176 valence electrons. The molecular formula is C22H23F2N3O6. The minimum atomic E-state index is -1.13. The molecule has 3 N–H and O–H groups in total. The molecule has 11 heteroatoms. The highest BCUT2D eigenvalue weighted by Crippen LogP contribution is 2.15. The quantitative estimate of drug-likeness (QED) is 0.542. The second-order valence-electron chi connectivity index (χ2n) is 7.74. The van der Waals surface area contributed by atoms with Gasteiger partial charge in [0.05, 0.1) is 12.1 Å². The van der Waals surface area contributed by atoms with Crippen LogP contribution in [0, 0.1) is 11.6 Å². The minimum absolute atomic E-state index is 0.0134. The van der Waals surface area contributed by atoms with Crippen molar-refractivity contribution in [2.24, 2.45) is 0 Å². The number of hydrogen-bond donors (Lipinski definition) is 3. The van der Waals surface area contributed by atoms with Crippen LogP contribution in [0.15, 0.2) is 42.5 Å². The van der Waals surface area contributed by atoms with Crippen molar-refractivity contribution in [1.82, 2.24) is 5.32 Å². The molecule has 0 saturated carbocycles. The van der Waals surface area contributed by atoms with Gasteiger partial charge in [-0.3, -0.25) is 14.9 Å². The van der Waals surface area contributed by atoms with E-state index in [0.717, 1.165) is 18.2 Å². The summed E-state index contributed by atoms with van der Waals surface area (Å²) in [4.78, 5) is 47.6. The fourth-order valence-electron chi connectivity index (χ4n) is 2.37. The Hall–Kier alpha value is -4.02. The number of carbonyl (C=O) groups excluding carboxylic acids is 4. The van der Waals surface area contributed by atoms with Gasteiger partial charge in [-0.15, -0.1) is 0 Å². The lowest BCUT2D eigenvalue weighted by atomic mass is 10.2. The smallest absolute Gasteiger partial charge is 0.412 e. The van der Waals surface area contributed by atoms with Gasteiger partial charge in [0.2, 0.25) is 5.91 Å². The van der Waals surface area contributed by atoms with Gasteiger partial charge in [-0.05, 0) is 51.1 Å². The van der Waals surface area contributed by atoms with Crippen LogP contribution >= 0.6 is 0 Å². The lowest BCUT2D eigenvalue weighted by molar-refractivity contribution is -0.126. The van der Waals surface area contributed by atoms with Crippen molar-refractivity contribution in [1.29, 1.82) is 0 Å². The molecule has 0 aliphatic heterocycles. The van der Waals surface area contributed by atoms with Gasteiger partial charge in [-0.2, -0.15) is 0 Å². The zero-order chi connectivity index (χ0) is 24.6. The third-order valence-electron chi connectivity index (χ3n) is 3.73. The summed E-state index contributed by atoms with van der Waals surface area (Å²) in [5.74, 6) is -4.47. The Labute approximate surface area is 188 Å². The molecule has 0 spiro atoms. The van der Waals surface area contributed by atoms with Crippen LogP contribution < -0.4 is 16.0 Å². The van der Waals surface area contributed by atoms with E-state index in [1.807, 2.05) is 0 Å². The first-order valence-corrected chi connectivity index (χ1v) is 9.72. The number of amides is 3. The van der Waals surface area contributed by atoms with Gasteiger partial charge in [0.15, 0.2) is 18.2 Å². The normalized spacial score (nSPS) is 10.7. The van der Waals surface area contributed by atoms with E-state index >= 15 is 0 Å². The monoisotopic (exact) mass is 463 g/mol. The summed E-state index contributed by atoms with van der Waals surface area (Å²) in [7, 11) is 0. The van der Waals surface area contributed by atoms with Crippen LogP contribution in [0.1, 0.15) is 31.1 Å². The van der Waals surface area contributed by atoms with Gasteiger partial charge >= 0.3 is 12.1 Å². The summed E-state index contributed by atoms with van der Waals surface area (Å²) in [5, 5.41) is 6.99. The number of nitrogens with one attached hydrogen (secondary N) is 3. The molecule has 2 aromatic carbocycles. The van der Waals surface area contributed by atoms with E-state index in [1.54, 1.807) is 26.8 Å². The third-order valence-corrected chi connectivity index (χ3v) is 3.73. The predicted molar refractivity (Wildman–Crippen MR) is 115 cm³/mol. The van der Waals surface area contributed by atoms with Crippen molar-refractivity contribution in [2.45, 2.75) is 26.4 Å². The van der Waals surface area contributed by atoms with Crippen LogP contribution in [0.25, 0.3) is 0 Å². The average molecular weight is 463 g/mol. The Morgan fingerprint density at radius 3 is 2.24 bits per heavy atom. The van der Waals surface area contributed by atoms with E-state index in [2.05, 4.69) is 16.0 Å². The van der Waals surface area contributed by atoms with E-state index in [4.69, 9.17) is 9.47 Å². The molecule has 33 heavy (non-hydrogen) atoms.